The van der Waals surface area contributed by atoms with Gasteiger partial charge in [0.2, 0.25) is 17.7 Å². The molecule has 8 N–H and O–H groups in total. The first-order chi connectivity index (χ1) is 16.9. The lowest BCUT2D eigenvalue weighted by Gasteiger charge is -2.30. The van der Waals surface area contributed by atoms with Gasteiger partial charge in [-0.25, -0.2) is 4.79 Å². The smallest absolute Gasteiger partial charge is 0.328 e. The molecule has 1 aromatic rings. The number of nitrogens with one attached hydrogen (secondary N) is 2. The van der Waals surface area contributed by atoms with Crippen LogP contribution in [0, 0.1) is 0 Å². The summed E-state index contributed by atoms with van der Waals surface area (Å²) < 4.78 is 0. The molecule has 1 aromatic carbocycles. The standard InChI is InChI=1S/C23H32N4O9/c1-12(28)19(23(35)36)26-21(33)17-3-2-10-27(17)22(34)16(11-13-4-6-14(29)7-5-13)25-20(32)15(24)8-9-18(30)31/h4-7,12,15-17,19,28-29H,2-3,8-11,24H2,1H3,(H,25,32)(H,26,33)(H,30,31)(H,35,36). The number of nitrogens with zero attached hydrogens (tertiary/aromatic N) is 1. The molecule has 2 rings (SSSR count). The van der Waals surface area contributed by atoms with Crippen LogP contribution in [0.15, 0.2) is 24.3 Å². The van der Waals surface area contributed by atoms with E-state index in [9.17, 15) is 39.3 Å². The maximum absolute atomic E-state index is 13.5. The van der Waals surface area contributed by atoms with E-state index in [1.54, 1.807) is 12.1 Å². The number of carboxylic acids is 2. The van der Waals surface area contributed by atoms with Crippen LogP contribution in [0.1, 0.15) is 38.2 Å². The van der Waals surface area contributed by atoms with Crippen LogP contribution >= 0.6 is 0 Å². The first kappa shape index (κ1) is 28.5. The Labute approximate surface area is 207 Å². The topological polar surface area (TPSA) is 220 Å². The second kappa shape index (κ2) is 12.8. The number of carbonyl (C=O) groups is 5. The zero-order chi connectivity index (χ0) is 27.0. The van der Waals surface area contributed by atoms with Crippen molar-refractivity contribution in [1.82, 2.24) is 15.5 Å². The number of carboxylic acid groups (broad SMARTS) is 2. The number of phenolic OH excluding ortho intramolecular Hbond substituents is 1. The summed E-state index contributed by atoms with van der Waals surface area (Å²) in [5, 5.41) is 42.0. The average Bonchev–Trinajstić information content (AvgIpc) is 3.30. The highest BCUT2D eigenvalue weighted by Gasteiger charge is 2.39. The zero-order valence-corrected chi connectivity index (χ0v) is 19.8. The van der Waals surface area contributed by atoms with Gasteiger partial charge in [0.05, 0.1) is 12.1 Å². The van der Waals surface area contributed by atoms with Crippen LogP contribution in [0.25, 0.3) is 0 Å². The molecule has 5 atom stereocenters. The molecule has 0 aromatic heterocycles. The minimum atomic E-state index is -1.56. The van der Waals surface area contributed by atoms with Gasteiger partial charge in [-0.2, -0.15) is 0 Å². The van der Waals surface area contributed by atoms with Crippen molar-refractivity contribution in [2.45, 2.75) is 69.3 Å². The number of rotatable bonds is 12. The van der Waals surface area contributed by atoms with Crippen molar-refractivity contribution in [3.63, 3.8) is 0 Å². The van der Waals surface area contributed by atoms with Gasteiger partial charge in [-0.15, -0.1) is 0 Å². The molecule has 5 unspecified atom stereocenters. The lowest BCUT2D eigenvalue weighted by Crippen LogP contribution is -2.58. The van der Waals surface area contributed by atoms with E-state index in [4.69, 9.17) is 10.8 Å². The fourth-order valence-corrected chi connectivity index (χ4v) is 3.90. The van der Waals surface area contributed by atoms with Crippen LogP contribution in [0.3, 0.4) is 0 Å². The summed E-state index contributed by atoms with van der Waals surface area (Å²) in [5.41, 5.74) is 6.38. The number of phenols is 1. The van der Waals surface area contributed by atoms with Gasteiger partial charge in [0.15, 0.2) is 6.04 Å². The Balaban J connectivity index is 2.22. The normalized spacial score (nSPS) is 18.5. The number of aliphatic hydroxyl groups excluding tert-OH is 1. The molecule has 0 aliphatic carbocycles. The van der Waals surface area contributed by atoms with E-state index >= 15 is 0 Å². The van der Waals surface area contributed by atoms with Gasteiger partial charge >= 0.3 is 11.9 Å². The van der Waals surface area contributed by atoms with Crippen molar-refractivity contribution in [1.29, 1.82) is 0 Å². The van der Waals surface area contributed by atoms with Crippen molar-refractivity contribution in [3.05, 3.63) is 29.8 Å². The third-order valence-corrected chi connectivity index (χ3v) is 5.88. The fourth-order valence-electron chi connectivity index (χ4n) is 3.90. The van der Waals surface area contributed by atoms with E-state index in [-0.39, 0.29) is 38.0 Å². The molecule has 1 aliphatic heterocycles. The first-order valence-electron chi connectivity index (χ1n) is 11.5. The van der Waals surface area contributed by atoms with Crippen molar-refractivity contribution in [2.75, 3.05) is 6.54 Å². The van der Waals surface area contributed by atoms with Crippen LogP contribution < -0.4 is 16.4 Å². The predicted molar refractivity (Wildman–Crippen MR) is 125 cm³/mol. The third-order valence-electron chi connectivity index (χ3n) is 5.88. The number of carbonyl (C=O) groups excluding carboxylic acids is 3. The Morgan fingerprint density at radius 3 is 2.31 bits per heavy atom. The Morgan fingerprint density at radius 1 is 1.11 bits per heavy atom. The molecular weight excluding hydrogens is 476 g/mol. The number of nitrogens with two attached hydrogens (primary N) is 1. The maximum atomic E-state index is 13.5. The van der Waals surface area contributed by atoms with Gasteiger partial charge in [-0.1, -0.05) is 12.1 Å². The number of amides is 3. The number of hydrogen-bond donors (Lipinski definition) is 7. The molecule has 13 nitrogen and oxygen atoms in total. The molecule has 3 amide bonds. The first-order valence-corrected chi connectivity index (χ1v) is 11.5. The minimum Gasteiger partial charge on any atom is -0.508 e. The number of benzene rings is 1. The van der Waals surface area contributed by atoms with Crippen molar-refractivity contribution in [3.8, 4) is 5.75 Å². The molecule has 198 valence electrons. The van der Waals surface area contributed by atoms with Crippen LogP contribution in [0.4, 0.5) is 0 Å². The summed E-state index contributed by atoms with van der Waals surface area (Å²) in [6.45, 7) is 1.39. The quantitative estimate of drug-likeness (QED) is 0.174. The number of hydrogen-bond acceptors (Lipinski definition) is 8. The highest BCUT2D eigenvalue weighted by atomic mass is 16.4. The molecule has 13 heteroatoms. The number of aliphatic carboxylic acids is 2. The molecule has 0 bridgehead atoms. The van der Waals surface area contributed by atoms with E-state index in [0.29, 0.717) is 12.0 Å². The maximum Gasteiger partial charge on any atom is 0.328 e. The summed E-state index contributed by atoms with van der Waals surface area (Å²) in [6.07, 6.45) is -1.16. The molecule has 1 aliphatic rings. The summed E-state index contributed by atoms with van der Waals surface area (Å²) in [5.74, 6) is -4.65. The van der Waals surface area contributed by atoms with Gasteiger partial charge in [0, 0.05) is 19.4 Å². The van der Waals surface area contributed by atoms with Crippen LogP contribution in [-0.2, 0) is 30.4 Å². The van der Waals surface area contributed by atoms with E-state index < -0.39 is 59.9 Å². The predicted octanol–water partition coefficient (Wildman–Crippen LogP) is -1.45. The number of aliphatic hydroxyl groups is 1. The minimum absolute atomic E-state index is 0.00345. The number of likely N-dealkylation sites (tertiary alicyclic amines) is 1. The SMILES string of the molecule is CC(O)C(NC(=O)C1CCCN1C(=O)C(Cc1ccc(O)cc1)NC(=O)C(N)CCC(=O)O)C(=O)O. The average molecular weight is 509 g/mol. The van der Waals surface area contributed by atoms with Gasteiger partial charge in [0.25, 0.3) is 0 Å². The highest BCUT2D eigenvalue weighted by molar-refractivity contribution is 5.94. The second-order valence-corrected chi connectivity index (χ2v) is 8.73. The van der Waals surface area contributed by atoms with Crippen molar-refractivity contribution >= 4 is 29.7 Å². The van der Waals surface area contributed by atoms with E-state index in [1.807, 2.05) is 0 Å². The largest absolute Gasteiger partial charge is 0.508 e. The molecule has 1 saturated heterocycles. The third kappa shape index (κ3) is 7.92. The molecular formula is C23H32N4O9. The lowest BCUT2D eigenvalue weighted by molar-refractivity contribution is -0.147. The molecule has 1 fully saturated rings. The van der Waals surface area contributed by atoms with Crippen molar-refractivity contribution < 1.29 is 44.4 Å². The Kier molecular flexibility index (Phi) is 10.2. The van der Waals surface area contributed by atoms with Gasteiger partial charge in [-0.3, -0.25) is 19.2 Å². The summed E-state index contributed by atoms with van der Waals surface area (Å²) >= 11 is 0. The van der Waals surface area contributed by atoms with Crippen LogP contribution in [0.5, 0.6) is 5.75 Å². The molecule has 0 radical (unpaired) electrons. The summed E-state index contributed by atoms with van der Waals surface area (Å²) in [6, 6.07) is 1.00. The van der Waals surface area contributed by atoms with Gasteiger partial charge in [0.1, 0.15) is 17.8 Å². The Morgan fingerprint density at radius 2 is 1.75 bits per heavy atom. The van der Waals surface area contributed by atoms with E-state index in [1.165, 1.54) is 24.0 Å². The zero-order valence-electron chi connectivity index (χ0n) is 19.8. The van der Waals surface area contributed by atoms with E-state index in [2.05, 4.69) is 10.6 Å². The fraction of sp³-hybridized carbons (Fsp3) is 0.522. The van der Waals surface area contributed by atoms with Gasteiger partial charge < -0.3 is 41.7 Å². The molecule has 1 heterocycles. The Hall–Kier alpha value is -3.71. The summed E-state index contributed by atoms with van der Waals surface area (Å²) in [7, 11) is 0. The monoisotopic (exact) mass is 508 g/mol. The van der Waals surface area contributed by atoms with Crippen LogP contribution in [-0.4, -0.2) is 91.8 Å². The molecule has 36 heavy (non-hydrogen) atoms. The summed E-state index contributed by atoms with van der Waals surface area (Å²) in [4.78, 5) is 62.3. The van der Waals surface area contributed by atoms with Crippen LogP contribution in [0.2, 0.25) is 0 Å². The number of aromatic hydroxyl groups is 1. The Bertz CT molecular complexity index is 967. The van der Waals surface area contributed by atoms with Gasteiger partial charge in [-0.05, 0) is 43.9 Å². The lowest BCUT2D eigenvalue weighted by atomic mass is 10.0. The molecule has 0 saturated carbocycles. The highest BCUT2D eigenvalue weighted by Crippen LogP contribution is 2.21. The molecule has 0 spiro atoms. The van der Waals surface area contributed by atoms with Crippen molar-refractivity contribution in [2.24, 2.45) is 5.73 Å². The second-order valence-electron chi connectivity index (χ2n) is 8.73. The van der Waals surface area contributed by atoms with E-state index in [0.717, 1.165) is 0 Å².